The monoisotopic (exact) mass is 397 g/mol. The summed E-state index contributed by atoms with van der Waals surface area (Å²) in [5.41, 5.74) is 1.40. The molecule has 148 valence electrons. The fourth-order valence-electron chi connectivity index (χ4n) is 3.91. The highest BCUT2D eigenvalue weighted by molar-refractivity contribution is 8.00. The maximum absolute atomic E-state index is 12.9. The molecule has 1 fully saturated rings. The third-order valence-corrected chi connectivity index (χ3v) is 6.55. The van der Waals surface area contributed by atoms with Gasteiger partial charge in [-0.25, -0.2) is 0 Å². The summed E-state index contributed by atoms with van der Waals surface area (Å²) in [6.45, 7) is 4.90. The van der Waals surface area contributed by atoms with Crippen LogP contribution in [-0.4, -0.2) is 42.4 Å². The number of fused-ring (bicyclic) bond motifs is 1. The first-order valence-corrected chi connectivity index (χ1v) is 11.0. The second-order valence-electron chi connectivity index (χ2n) is 7.52. The summed E-state index contributed by atoms with van der Waals surface area (Å²) in [4.78, 5) is 16.0. The first-order valence-electron chi connectivity index (χ1n) is 10.1. The van der Waals surface area contributed by atoms with Gasteiger partial charge in [-0.3, -0.25) is 4.79 Å². The predicted molar refractivity (Wildman–Crippen MR) is 112 cm³/mol. The van der Waals surface area contributed by atoms with Gasteiger partial charge in [-0.1, -0.05) is 30.3 Å². The van der Waals surface area contributed by atoms with Gasteiger partial charge in [0.15, 0.2) is 11.5 Å². The van der Waals surface area contributed by atoms with Crippen molar-refractivity contribution in [3.63, 3.8) is 0 Å². The van der Waals surface area contributed by atoms with Gasteiger partial charge >= 0.3 is 0 Å². The number of ether oxygens (including phenoxy) is 2. The Morgan fingerprint density at radius 1 is 1.07 bits per heavy atom. The minimum Gasteiger partial charge on any atom is -0.486 e. The molecule has 1 saturated heterocycles. The molecule has 1 amide bonds. The number of rotatable bonds is 5. The van der Waals surface area contributed by atoms with Crippen LogP contribution in [-0.2, 0) is 11.2 Å². The summed E-state index contributed by atoms with van der Waals surface area (Å²) < 4.78 is 11.2. The zero-order valence-electron chi connectivity index (χ0n) is 16.3. The number of nitrogens with zero attached hydrogens (tertiary/aromatic N) is 1. The highest BCUT2D eigenvalue weighted by Crippen LogP contribution is 2.36. The molecule has 28 heavy (non-hydrogen) atoms. The number of carbonyl (C=O) groups excluding carboxylic acids is 1. The molecule has 0 bridgehead atoms. The Morgan fingerprint density at radius 3 is 2.54 bits per heavy atom. The summed E-state index contributed by atoms with van der Waals surface area (Å²) in [6.07, 6.45) is 3.29. The maximum Gasteiger partial charge on any atom is 0.235 e. The topological polar surface area (TPSA) is 38.8 Å². The van der Waals surface area contributed by atoms with E-state index in [1.807, 2.05) is 30.0 Å². The van der Waals surface area contributed by atoms with E-state index in [1.54, 1.807) is 11.8 Å². The largest absolute Gasteiger partial charge is 0.486 e. The van der Waals surface area contributed by atoms with E-state index in [-0.39, 0.29) is 11.2 Å². The van der Waals surface area contributed by atoms with Crippen LogP contribution in [0.15, 0.2) is 53.4 Å². The quantitative estimate of drug-likeness (QED) is 0.700. The Bertz CT molecular complexity index is 803. The molecular formula is C23H27NO3S. The molecule has 5 heteroatoms. The van der Waals surface area contributed by atoms with E-state index in [9.17, 15) is 4.79 Å². The van der Waals surface area contributed by atoms with Crippen molar-refractivity contribution >= 4 is 17.7 Å². The van der Waals surface area contributed by atoms with E-state index < -0.39 is 0 Å². The zero-order chi connectivity index (χ0) is 19.3. The fraction of sp³-hybridized carbons (Fsp3) is 0.435. The van der Waals surface area contributed by atoms with Crippen LogP contribution in [0, 0.1) is 5.92 Å². The first-order chi connectivity index (χ1) is 13.7. The van der Waals surface area contributed by atoms with Gasteiger partial charge < -0.3 is 14.4 Å². The molecule has 2 aliphatic rings. The van der Waals surface area contributed by atoms with Gasteiger partial charge in [0.1, 0.15) is 13.2 Å². The molecule has 4 rings (SSSR count). The Morgan fingerprint density at radius 2 is 1.79 bits per heavy atom. The lowest BCUT2D eigenvalue weighted by molar-refractivity contribution is -0.131. The molecule has 2 aromatic carbocycles. The van der Waals surface area contributed by atoms with E-state index in [4.69, 9.17) is 9.47 Å². The van der Waals surface area contributed by atoms with Crippen molar-refractivity contribution in [3.8, 4) is 11.5 Å². The molecule has 4 nitrogen and oxygen atoms in total. The standard InChI is InChI=1S/C23H27NO3S/c1-17(28-20-7-8-21-22(16-20)27-14-13-26-21)23(25)24-11-9-19(10-12-24)15-18-5-3-2-4-6-18/h2-8,16-17,19H,9-15H2,1H3/t17-/m0/s1. The molecule has 2 aliphatic heterocycles. The number of hydrogen-bond donors (Lipinski definition) is 0. The molecule has 1 atom stereocenters. The van der Waals surface area contributed by atoms with Crippen LogP contribution in [0.2, 0.25) is 0 Å². The van der Waals surface area contributed by atoms with Gasteiger partial charge in [0, 0.05) is 18.0 Å². The highest BCUT2D eigenvalue weighted by Gasteiger charge is 2.27. The lowest BCUT2D eigenvalue weighted by Gasteiger charge is -2.33. The molecule has 0 aromatic heterocycles. The number of piperidine rings is 1. The molecule has 0 aliphatic carbocycles. The number of carbonyl (C=O) groups is 1. The van der Waals surface area contributed by atoms with Crippen LogP contribution in [0.4, 0.5) is 0 Å². The van der Waals surface area contributed by atoms with E-state index in [0.29, 0.717) is 19.1 Å². The maximum atomic E-state index is 12.9. The number of thioether (sulfide) groups is 1. The Labute approximate surface area is 171 Å². The average molecular weight is 398 g/mol. The van der Waals surface area contributed by atoms with Gasteiger partial charge in [-0.2, -0.15) is 0 Å². The van der Waals surface area contributed by atoms with E-state index in [2.05, 4.69) is 30.3 Å². The third-order valence-electron chi connectivity index (χ3n) is 5.47. The van der Waals surface area contributed by atoms with Gasteiger partial charge in [0.2, 0.25) is 5.91 Å². The van der Waals surface area contributed by atoms with Gasteiger partial charge in [-0.05, 0) is 55.9 Å². The summed E-state index contributed by atoms with van der Waals surface area (Å²) in [6, 6.07) is 16.6. The first kappa shape index (κ1) is 19.2. The van der Waals surface area contributed by atoms with Crippen LogP contribution >= 0.6 is 11.8 Å². The van der Waals surface area contributed by atoms with Crippen molar-refractivity contribution < 1.29 is 14.3 Å². The van der Waals surface area contributed by atoms with Crippen molar-refractivity contribution in [2.24, 2.45) is 5.92 Å². The second kappa shape index (κ2) is 8.91. The van der Waals surface area contributed by atoms with Crippen LogP contribution in [0.25, 0.3) is 0 Å². The van der Waals surface area contributed by atoms with Crippen LogP contribution in [0.3, 0.4) is 0 Å². The minimum absolute atomic E-state index is 0.103. The van der Waals surface area contributed by atoms with Crippen molar-refractivity contribution in [2.75, 3.05) is 26.3 Å². The molecule has 0 saturated carbocycles. The average Bonchev–Trinajstić information content (AvgIpc) is 2.74. The summed E-state index contributed by atoms with van der Waals surface area (Å²) >= 11 is 1.59. The SMILES string of the molecule is C[C@H](Sc1ccc2c(c1)OCCO2)C(=O)N1CCC(Cc2ccccc2)CC1. The minimum atomic E-state index is -0.103. The summed E-state index contributed by atoms with van der Waals surface area (Å²) in [7, 11) is 0. The third kappa shape index (κ3) is 4.64. The number of amides is 1. The van der Waals surface area contributed by atoms with E-state index >= 15 is 0 Å². The van der Waals surface area contributed by atoms with Crippen molar-refractivity contribution in [2.45, 2.75) is 36.3 Å². The van der Waals surface area contributed by atoms with Gasteiger partial charge in [0.05, 0.1) is 5.25 Å². The fourth-order valence-corrected chi connectivity index (χ4v) is 4.89. The molecular weight excluding hydrogens is 370 g/mol. The van der Waals surface area contributed by atoms with Crippen LogP contribution < -0.4 is 9.47 Å². The van der Waals surface area contributed by atoms with E-state index in [1.165, 1.54) is 5.56 Å². The second-order valence-corrected chi connectivity index (χ2v) is 8.94. The zero-order valence-corrected chi connectivity index (χ0v) is 17.1. The Kier molecular flexibility index (Phi) is 6.10. The summed E-state index contributed by atoms with van der Waals surface area (Å²) in [5.74, 6) is 2.47. The number of benzene rings is 2. The molecule has 2 heterocycles. The summed E-state index contributed by atoms with van der Waals surface area (Å²) in [5, 5.41) is -0.103. The molecule has 0 unspecified atom stereocenters. The van der Waals surface area contributed by atoms with Crippen LogP contribution in [0.1, 0.15) is 25.3 Å². The predicted octanol–water partition coefficient (Wildman–Crippen LogP) is 4.42. The Hall–Kier alpha value is -2.14. The molecule has 0 spiro atoms. The normalized spacial score (nSPS) is 18.0. The van der Waals surface area contributed by atoms with Crippen molar-refractivity contribution in [1.82, 2.24) is 4.90 Å². The van der Waals surface area contributed by atoms with Crippen LogP contribution in [0.5, 0.6) is 11.5 Å². The van der Waals surface area contributed by atoms with Gasteiger partial charge in [0.25, 0.3) is 0 Å². The molecule has 2 aromatic rings. The molecule has 0 radical (unpaired) electrons. The van der Waals surface area contributed by atoms with Gasteiger partial charge in [-0.15, -0.1) is 11.8 Å². The smallest absolute Gasteiger partial charge is 0.235 e. The molecule has 0 N–H and O–H groups in total. The van der Waals surface area contributed by atoms with Crippen molar-refractivity contribution in [3.05, 3.63) is 54.1 Å². The van der Waals surface area contributed by atoms with E-state index in [0.717, 1.165) is 48.7 Å². The highest BCUT2D eigenvalue weighted by atomic mass is 32.2. The Balaban J connectivity index is 1.29. The lowest BCUT2D eigenvalue weighted by atomic mass is 9.90. The van der Waals surface area contributed by atoms with Crippen molar-refractivity contribution in [1.29, 1.82) is 0 Å². The number of likely N-dealkylation sites (tertiary alicyclic amines) is 1. The lowest BCUT2D eigenvalue weighted by Crippen LogP contribution is -2.42. The number of hydrogen-bond acceptors (Lipinski definition) is 4.